The van der Waals surface area contributed by atoms with Gasteiger partial charge in [-0.25, -0.2) is 4.68 Å². The van der Waals surface area contributed by atoms with Crippen molar-refractivity contribution in [2.75, 3.05) is 0 Å². The van der Waals surface area contributed by atoms with Crippen LogP contribution in [-0.2, 0) is 0 Å². The van der Waals surface area contributed by atoms with Crippen molar-refractivity contribution in [1.82, 2.24) is 9.78 Å². The number of hydrogen-bond donors (Lipinski definition) is 2. The van der Waals surface area contributed by atoms with E-state index in [9.17, 15) is 14.8 Å². The Hall–Kier alpha value is -1.66. The van der Waals surface area contributed by atoms with E-state index >= 15 is 0 Å². The second-order valence-corrected chi connectivity index (χ2v) is 5.76. The molecular formula is C15H19BN2O3. The third-order valence-corrected chi connectivity index (χ3v) is 4.30. The van der Waals surface area contributed by atoms with Crippen molar-refractivity contribution in [2.24, 2.45) is 0 Å². The third-order valence-electron chi connectivity index (χ3n) is 4.30. The molecule has 2 N–H and O–H groups in total. The molecule has 5 nitrogen and oxygen atoms in total. The number of benzene rings is 1. The van der Waals surface area contributed by atoms with Crippen LogP contribution in [0, 0.1) is 0 Å². The Kier molecular flexibility index (Phi) is 4.08. The maximum Gasteiger partial charge on any atom is 0.488 e. The number of aromatic nitrogens is 2. The first-order valence-corrected chi connectivity index (χ1v) is 7.54. The van der Waals surface area contributed by atoms with E-state index in [0.29, 0.717) is 16.2 Å². The molecule has 21 heavy (non-hydrogen) atoms. The van der Waals surface area contributed by atoms with Gasteiger partial charge in [0, 0.05) is 5.39 Å². The molecule has 0 amide bonds. The van der Waals surface area contributed by atoms with Gasteiger partial charge >= 0.3 is 7.12 Å². The molecule has 0 radical (unpaired) electrons. The molecule has 2 aromatic rings. The van der Waals surface area contributed by atoms with Gasteiger partial charge in [0.05, 0.1) is 17.6 Å². The highest BCUT2D eigenvalue weighted by Gasteiger charge is 2.18. The largest absolute Gasteiger partial charge is 0.488 e. The fourth-order valence-electron chi connectivity index (χ4n) is 3.11. The zero-order valence-electron chi connectivity index (χ0n) is 11.9. The Labute approximate surface area is 123 Å². The first-order valence-electron chi connectivity index (χ1n) is 7.54. The molecule has 0 saturated heterocycles. The fourth-order valence-corrected chi connectivity index (χ4v) is 3.11. The lowest BCUT2D eigenvalue weighted by Crippen LogP contribution is -2.31. The summed E-state index contributed by atoms with van der Waals surface area (Å²) in [4.78, 5) is 12.6. The van der Waals surface area contributed by atoms with Crippen LogP contribution in [0.5, 0.6) is 0 Å². The minimum Gasteiger partial charge on any atom is -0.423 e. The Bertz CT molecular complexity index is 691. The summed E-state index contributed by atoms with van der Waals surface area (Å²) in [5, 5.41) is 23.9. The molecule has 1 aliphatic rings. The van der Waals surface area contributed by atoms with Crippen molar-refractivity contribution in [1.29, 1.82) is 0 Å². The van der Waals surface area contributed by atoms with E-state index in [1.165, 1.54) is 12.8 Å². The Morgan fingerprint density at radius 1 is 1.14 bits per heavy atom. The minimum atomic E-state index is -1.53. The van der Waals surface area contributed by atoms with E-state index in [2.05, 4.69) is 5.10 Å². The molecule has 1 saturated carbocycles. The topological polar surface area (TPSA) is 75.3 Å². The van der Waals surface area contributed by atoms with Crippen molar-refractivity contribution in [3.05, 3.63) is 34.7 Å². The van der Waals surface area contributed by atoms with Gasteiger partial charge in [-0.3, -0.25) is 4.79 Å². The second-order valence-electron chi connectivity index (χ2n) is 5.76. The molecule has 0 aliphatic heterocycles. The van der Waals surface area contributed by atoms with Crippen molar-refractivity contribution in [3.63, 3.8) is 0 Å². The summed E-state index contributed by atoms with van der Waals surface area (Å²) < 4.78 is 1.61. The van der Waals surface area contributed by atoms with Gasteiger partial charge in [0.2, 0.25) is 0 Å². The summed E-state index contributed by atoms with van der Waals surface area (Å²) in [5.41, 5.74) is 0.286. The maximum atomic E-state index is 12.6. The molecule has 1 aliphatic carbocycles. The third kappa shape index (κ3) is 2.87. The number of fused-ring (bicyclic) bond motifs is 1. The van der Waals surface area contributed by atoms with E-state index in [4.69, 9.17) is 0 Å². The van der Waals surface area contributed by atoms with Crippen LogP contribution in [0.15, 0.2) is 29.2 Å². The zero-order valence-corrected chi connectivity index (χ0v) is 11.9. The molecule has 3 rings (SSSR count). The van der Waals surface area contributed by atoms with Crippen molar-refractivity contribution >= 4 is 23.4 Å². The zero-order chi connectivity index (χ0) is 14.8. The van der Waals surface area contributed by atoms with Crippen LogP contribution in [0.1, 0.15) is 44.6 Å². The Morgan fingerprint density at radius 3 is 2.52 bits per heavy atom. The number of hydrogen-bond acceptors (Lipinski definition) is 4. The van der Waals surface area contributed by atoms with Gasteiger partial charge in [0.15, 0.2) is 0 Å². The first kappa shape index (κ1) is 14.3. The predicted molar refractivity (Wildman–Crippen MR) is 82.6 cm³/mol. The molecule has 1 heterocycles. The van der Waals surface area contributed by atoms with Gasteiger partial charge in [-0.15, -0.1) is 0 Å². The smallest absolute Gasteiger partial charge is 0.423 e. The van der Waals surface area contributed by atoms with Crippen LogP contribution in [0.4, 0.5) is 0 Å². The van der Waals surface area contributed by atoms with Crippen LogP contribution >= 0.6 is 0 Å². The van der Waals surface area contributed by atoms with E-state index in [-0.39, 0.29) is 11.6 Å². The summed E-state index contributed by atoms with van der Waals surface area (Å²) in [5.74, 6) is 0. The van der Waals surface area contributed by atoms with Crippen LogP contribution in [0.25, 0.3) is 10.8 Å². The molecule has 1 aromatic heterocycles. The molecule has 0 spiro atoms. The highest BCUT2D eigenvalue weighted by Crippen LogP contribution is 2.25. The summed E-state index contributed by atoms with van der Waals surface area (Å²) >= 11 is 0. The van der Waals surface area contributed by atoms with Gasteiger partial charge in [0.25, 0.3) is 5.56 Å². The van der Waals surface area contributed by atoms with Crippen LogP contribution < -0.4 is 11.0 Å². The fraction of sp³-hybridized carbons (Fsp3) is 0.467. The highest BCUT2D eigenvalue weighted by atomic mass is 16.4. The van der Waals surface area contributed by atoms with E-state index < -0.39 is 7.12 Å². The van der Waals surface area contributed by atoms with Crippen molar-refractivity contribution in [3.8, 4) is 0 Å². The molecule has 0 unspecified atom stereocenters. The van der Waals surface area contributed by atoms with E-state index in [0.717, 1.165) is 25.7 Å². The lowest BCUT2D eigenvalue weighted by atomic mass is 9.80. The standard InChI is InChI=1S/C15H19BN2O3/c19-15-14-8-7-12(16(20)21)9-11(14)10-17-18(15)13-5-3-1-2-4-6-13/h7-10,13,20-21H,1-6H2. The number of rotatable bonds is 2. The van der Waals surface area contributed by atoms with Gasteiger partial charge in [-0.2, -0.15) is 5.10 Å². The van der Waals surface area contributed by atoms with Crippen LogP contribution in [-0.4, -0.2) is 26.9 Å². The molecule has 110 valence electrons. The van der Waals surface area contributed by atoms with Crippen molar-refractivity contribution < 1.29 is 10.0 Å². The van der Waals surface area contributed by atoms with E-state index in [1.807, 2.05) is 0 Å². The maximum absolute atomic E-state index is 12.6. The van der Waals surface area contributed by atoms with Crippen molar-refractivity contribution in [2.45, 2.75) is 44.6 Å². The molecule has 0 bridgehead atoms. The average molecular weight is 286 g/mol. The van der Waals surface area contributed by atoms with Gasteiger partial charge in [-0.1, -0.05) is 37.8 Å². The highest BCUT2D eigenvalue weighted by molar-refractivity contribution is 6.58. The minimum absolute atomic E-state index is 0.0848. The van der Waals surface area contributed by atoms with Gasteiger partial charge in [0.1, 0.15) is 0 Å². The summed E-state index contributed by atoms with van der Waals surface area (Å²) in [6.45, 7) is 0. The SMILES string of the molecule is O=c1c2ccc(B(O)O)cc2cnn1C1CCCCCC1. The van der Waals surface area contributed by atoms with E-state index in [1.54, 1.807) is 29.1 Å². The van der Waals surface area contributed by atoms with Crippen LogP contribution in [0.3, 0.4) is 0 Å². The summed E-state index contributed by atoms with van der Waals surface area (Å²) in [6, 6.07) is 5.02. The lowest BCUT2D eigenvalue weighted by Gasteiger charge is -2.16. The molecule has 1 fully saturated rings. The summed E-state index contributed by atoms with van der Waals surface area (Å²) in [6.07, 6.45) is 8.41. The first-order chi connectivity index (χ1) is 10.2. The van der Waals surface area contributed by atoms with Gasteiger partial charge < -0.3 is 10.0 Å². The molecule has 0 atom stereocenters. The lowest BCUT2D eigenvalue weighted by molar-refractivity contribution is 0.391. The number of nitrogens with zero attached hydrogens (tertiary/aromatic N) is 2. The molecule has 6 heteroatoms. The molecule has 1 aromatic carbocycles. The van der Waals surface area contributed by atoms with Gasteiger partial charge in [-0.05, 0) is 24.4 Å². The summed E-state index contributed by atoms with van der Waals surface area (Å²) in [7, 11) is -1.53. The molecular weight excluding hydrogens is 267 g/mol. The predicted octanol–water partition coefficient (Wildman–Crippen LogP) is 0.972. The Morgan fingerprint density at radius 2 is 1.86 bits per heavy atom. The average Bonchev–Trinajstić information content (AvgIpc) is 2.76. The van der Waals surface area contributed by atoms with Crippen LogP contribution in [0.2, 0.25) is 0 Å². The quantitative estimate of drug-likeness (QED) is 0.637. The second kappa shape index (κ2) is 5.99. The monoisotopic (exact) mass is 286 g/mol. The normalized spacial score (nSPS) is 16.9. The Balaban J connectivity index is 2.03.